The number of hydrogen-bond donors (Lipinski definition) is 2. The predicted octanol–water partition coefficient (Wildman–Crippen LogP) is 3.00. The van der Waals surface area contributed by atoms with Crippen molar-refractivity contribution < 1.29 is 85.6 Å². The van der Waals surface area contributed by atoms with Crippen LogP contribution >= 0.6 is 0 Å². The molecule has 1 fully saturated rings. The minimum absolute atomic E-state index is 0.0255. The smallest absolute Gasteiger partial charge is 0.264 e. The molecule has 0 spiro atoms. The Morgan fingerprint density at radius 1 is 0.479 bits per heavy atom. The van der Waals surface area contributed by atoms with Crippen molar-refractivity contribution in [3.8, 4) is 0 Å². The number of ether oxygens (including phenoxy) is 13. The van der Waals surface area contributed by atoms with Gasteiger partial charge in [0.05, 0.1) is 182 Å². The molecular weight excluding hydrogens is 931 g/mol. The van der Waals surface area contributed by atoms with Crippen LogP contribution in [0.1, 0.15) is 64.8 Å². The zero-order valence-corrected chi connectivity index (χ0v) is 41.1. The second-order valence-corrected chi connectivity index (χ2v) is 15.9. The summed E-state index contributed by atoms with van der Waals surface area (Å²) in [4.78, 5) is 63.7. The van der Waals surface area contributed by atoms with E-state index >= 15 is 0 Å². The van der Waals surface area contributed by atoms with Crippen LogP contribution in [0.5, 0.6) is 0 Å². The molecule has 0 bridgehead atoms. The molecule has 1 atom stereocenters. The van der Waals surface area contributed by atoms with Gasteiger partial charge in [0.2, 0.25) is 17.7 Å². The summed E-state index contributed by atoms with van der Waals surface area (Å²) in [6.07, 6.45) is 2.43. The molecule has 0 saturated carbocycles. The van der Waals surface area contributed by atoms with Crippen LogP contribution in [0.3, 0.4) is 0 Å². The van der Waals surface area contributed by atoms with Crippen molar-refractivity contribution in [1.29, 1.82) is 0 Å². The third kappa shape index (κ3) is 26.3. The molecule has 21 heteroatoms. The normalized spacial score (nSPS) is 14.6. The van der Waals surface area contributed by atoms with E-state index in [0.29, 0.717) is 178 Å². The average molecular weight is 1010 g/mol. The highest BCUT2D eigenvalue weighted by molar-refractivity contribution is 6.26. The fourth-order valence-corrected chi connectivity index (χ4v) is 6.90. The number of amides is 5. The van der Waals surface area contributed by atoms with Crippen molar-refractivity contribution in [2.45, 2.75) is 51.2 Å². The third-order valence-electron chi connectivity index (χ3n) is 10.5. The van der Waals surface area contributed by atoms with Gasteiger partial charge in [-0.05, 0) is 37.0 Å². The van der Waals surface area contributed by atoms with Gasteiger partial charge in [-0.3, -0.25) is 34.2 Å². The topological polar surface area (TPSA) is 233 Å². The number of benzene rings is 2. The summed E-state index contributed by atoms with van der Waals surface area (Å²) in [6.45, 7) is 12.7. The molecular formula is C50H75N3O18. The van der Waals surface area contributed by atoms with E-state index in [2.05, 4.69) is 10.6 Å². The van der Waals surface area contributed by atoms with Gasteiger partial charge in [0.15, 0.2) is 0 Å². The quantitative estimate of drug-likeness (QED) is 0.0717. The lowest BCUT2D eigenvalue weighted by Gasteiger charge is -2.27. The van der Waals surface area contributed by atoms with Gasteiger partial charge in [0, 0.05) is 19.4 Å². The Bertz CT molecular complexity index is 1770. The molecule has 0 aromatic heterocycles. The van der Waals surface area contributed by atoms with Gasteiger partial charge in [0.25, 0.3) is 11.8 Å². The lowest BCUT2D eigenvalue weighted by molar-refractivity contribution is -0.136. The zero-order valence-electron chi connectivity index (χ0n) is 41.1. The first-order valence-corrected chi connectivity index (χ1v) is 24.6. The number of nitrogens with zero attached hydrogens (tertiary/aromatic N) is 1. The molecule has 2 N–H and O–H groups in total. The standard InChI is InChI=1S/C50H75N3O18/c54-45(51-43-11-7-10-42-47(43)50(58)53(49(42)57)44-13-14-46(55)52-48(44)56)12-5-2-6-15-59-16-17-60-18-19-61-20-21-62-22-23-63-24-25-64-26-27-65-28-29-66-30-31-67-32-33-68-34-35-69-36-37-70-38-39-71-40-41-8-3-1-4-9-41/h1,3-4,7-11,44H,2,5-6,12-40H2,(H,51,54)(H,52,55,56). The fraction of sp³-hybridized carbons (Fsp3) is 0.660. The molecule has 4 rings (SSSR count). The summed E-state index contributed by atoms with van der Waals surface area (Å²) in [5.41, 5.74) is 1.52. The number of carbonyl (C=O) groups is 5. The van der Waals surface area contributed by atoms with Gasteiger partial charge in [-0.15, -0.1) is 0 Å². The maximum absolute atomic E-state index is 13.2. The van der Waals surface area contributed by atoms with E-state index in [1.54, 1.807) is 12.1 Å². The molecule has 2 heterocycles. The minimum atomic E-state index is -1.08. The minimum Gasteiger partial charge on any atom is -0.379 e. The predicted molar refractivity (Wildman–Crippen MR) is 256 cm³/mol. The molecule has 2 aromatic carbocycles. The van der Waals surface area contributed by atoms with Crippen LogP contribution in [0.4, 0.5) is 5.69 Å². The van der Waals surface area contributed by atoms with Crippen LogP contribution in [0.15, 0.2) is 48.5 Å². The van der Waals surface area contributed by atoms with Crippen LogP contribution in [0.25, 0.3) is 0 Å². The Balaban J connectivity index is 0.777. The third-order valence-corrected chi connectivity index (χ3v) is 10.5. The lowest BCUT2D eigenvalue weighted by atomic mass is 10.0. The maximum Gasteiger partial charge on any atom is 0.264 e. The first-order valence-electron chi connectivity index (χ1n) is 24.6. The Hall–Kier alpha value is -4.33. The van der Waals surface area contributed by atoms with Crippen molar-refractivity contribution in [1.82, 2.24) is 10.2 Å². The summed E-state index contributed by atoms with van der Waals surface area (Å²) in [5, 5.41) is 4.91. The Morgan fingerprint density at radius 3 is 1.34 bits per heavy atom. The molecule has 2 aliphatic rings. The van der Waals surface area contributed by atoms with E-state index in [9.17, 15) is 24.0 Å². The van der Waals surface area contributed by atoms with Gasteiger partial charge in [-0.1, -0.05) is 42.8 Å². The summed E-state index contributed by atoms with van der Waals surface area (Å²) >= 11 is 0. The largest absolute Gasteiger partial charge is 0.379 e. The molecule has 2 aliphatic heterocycles. The molecule has 71 heavy (non-hydrogen) atoms. The van der Waals surface area contributed by atoms with Crippen LogP contribution in [-0.2, 0) is 82.6 Å². The second-order valence-electron chi connectivity index (χ2n) is 15.9. The number of imide groups is 2. The van der Waals surface area contributed by atoms with Gasteiger partial charge >= 0.3 is 0 Å². The van der Waals surface area contributed by atoms with Crippen LogP contribution in [-0.4, -0.2) is 206 Å². The zero-order chi connectivity index (χ0) is 50.2. The highest BCUT2D eigenvalue weighted by Gasteiger charge is 2.45. The van der Waals surface area contributed by atoms with E-state index in [-0.39, 0.29) is 42.0 Å². The lowest BCUT2D eigenvalue weighted by Crippen LogP contribution is -2.54. The first kappa shape index (κ1) is 59.2. The number of carbonyl (C=O) groups excluding carboxylic acids is 5. The van der Waals surface area contributed by atoms with E-state index in [0.717, 1.165) is 23.3 Å². The molecule has 5 amide bonds. The van der Waals surface area contributed by atoms with E-state index in [1.807, 2.05) is 30.3 Å². The van der Waals surface area contributed by atoms with Gasteiger partial charge < -0.3 is 66.9 Å². The number of unbranched alkanes of at least 4 members (excludes halogenated alkanes) is 2. The van der Waals surface area contributed by atoms with Crippen molar-refractivity contribution in [2.24, 2.45) is 0 Å². The molecule has 21 nitrogen and oxygen atoms in total. The Kier molecular flexibility index (Phi) is 32.7. The monoisotopic (exact) mass is 1010 g/mol. The molecule has 2 aromatic rings. The second kappa shape index (κ2) is 39.2. The Morgan fingerprint density at radius 2 is 0.901 bits per heavy atom. The summed E-state index contributed by atoms with van der Waals surface area (Å²) in [7, 11) is 0. The highest BCUT2D eigenvalue weighted by atomic mass is 16.6. The average Bonchev–Trinajstić information content (AvgIpc) is 3.63. The number of anilines is 1. The van der Waals surface area contributed by atoms with Gasteiger partial charge in [-0.25, -0.2) is 0 Å². The fourth-order valence-electron chi connectivity index (χ4n) is 6.90. The molecule has 1 unspecified atom stereocenters. The number of nitrogens with one attached hydrogen (secondary N) is 2. The van der Waals surface area contributed by atoms with E-state index in [4.69, 9.17) is 61.6 Å². The Labute approximate surface area is 416 Å². The molecule has 0 aliphatic carbocycles. The summed E-state index contributed by atoms with van der Waals surface area (Å²) in [5.74, 6) is -2.73. The van der Waals surface area contributed by atoms with Crippen molar-refractivity contribution in [2.75, 3.05) is 170 Å². The van der Waals surface area contributed by atoms with Gasteiger partial charge in [-0.2, -0.15) is 0 Å². The van der Waals surface area contributed by atoms with E-state index in [1.165, 1.54) is 6.07 Å². The number of rotatable bonds is 46. The van der Waals surface area contributed by atoms with Crippen molar-refractivity contribution >= 4 is 35.2 Å². The van der Waals surface area contributed by atoms with Crippen LogP contribution < -0.4 is 10.6 Å². The number of fused-ring (bicyclic) bond motifs is 1. The highest BCUT2D eigenvalue weighted by Crippen LogP contribution is 2.32. The maximum atomic E-state index is 13.2. The van der Waals surface area contributed by atoms with Crippen molar-refractivity contribution in [3.05, 3.63) is 65.2 Å². The number of piperidine rings is 1. The molecule has 0 radical (unpaired) electrons. The SMILES string of the molecule is O=C1CCC(N2C(=O)c3cccc(NC(=O)CCCCCOCCOCCOCCOCCOCCOCCOCCOCCOCCOCCOCCOCCOCc4ccccc4)c3C2=O)C(=O)N1. The molecule has 1 saturated heterocycles. The van der Waals surface area contributed by atoms with Gasteiger partial charge in [0.1, 0.15) is 6.04 Å². The van der Waals surface area contributed by atoms with Crippen molar-refractivity contribution in [3.63, 3.8) is 0 Å². The number of hydrogen-bond acceptors (Lipinski definition) is 18. The first-order chi connectivity index (χ1) is 35.0. The summed E-state index contributed by atoms with van der Waals surface area (Å²) in [6, 6.07) is 13.6. The molecule has 398 valence electrons. The van der Waals surface area contributed by atoms with Crippen LogP contribution in [0, 0.1) is 0 Å². The summed E-state index contributed by atoms with van der Waals surface area (Å²) < 4.78 is 71.8. The van der Waals surface area contributed by atoms with E-state index < -0.39 is 29.7 Å². The van der Waals surface area contributed by atoms with Crippen LogP contribution in [0.2, 0.25) is 0 Å².